The lowest BCUT2D eigenvalue weighted by atomic mass is 11.8. The molecule has 1 radical (unpaired) electrons. The van der Waals surface area contributed by atoms with Gasteiger partial charge in [0.25, 0.3) is 0 Å². The first-order valence-corrected chi connectivity index (χ1v) is 5.76. The van der Waals surface area contributed by atoms with Crippen LogP contribution in [0.15, 0.2) is 0 Å². The van der Waals surface area contributed by atoms with Crippen LogP contribution in [0.4, 0.5) is 0 Å². The highest BCUT2D eigenvalue weighted by Crippen LogP contribution is 2.01. The van der Waals surface area contributed by atoms with Gasteiger partial charge in [0.1, 0.15) is 7.38 Å². The first-order chi connectivity index (χ1) is 2.00. The van der Waals surface area contributed by atoms with Crippen LogP contribution in [-0.4, -0.2) is 7.38 Å². The van der Waals surface area contributed by atoms with Crippen molar-refractivity contribution in [2.24, 2.45) is 0 Å². The standard InChI is InChI=1S/C3H8ClSi/c1-5(2,3)4/h1H2,2-3H3. The molecule has 0 fully saturated rings. The third kappa shape index (κ3) is 110. The average molecular weight is 108 g/mol. The maximum absolute atomic E-state index is 5.56. The van der Waals surface area contributed by atoms with Gasteiger partial charge in [0.15, 0.2) is 0 Å². The molecule has 31 valence electrons. The maximum atomic E-state index is 5.56. The van der Waals surface area contributed by atoms with Crippen LogP contribution in [0.2, 0.25) is 13.1 Å². The predicted octanol–water partition coefficient (Wildman–Crippen LogP) is 1.80. The van der Waals surface area contributed by atoms with Gasteiger partial charge in [0, 0.05) is 0 Å². The van der Waals surface area contributed by atoms with Crippen molar-refractivity contribution >= 4 is 18.5 Å². The van der Waals surface area contributed by atoms with E-state index < -0.39 is 7.38 Å². The van der Waals surface area contributed by atoms with E-state index in [1.807, 2.05) is 13.1 Å². The van der Waals surface area contributed by atoms with Gasteiger partial charge in [-0.25, -0.2) is 0 Å². The lowest BCUT2D eigenvalue weighted by Crippen LogP contribution is -2.08. The smallest absolute Gasteiger partial charge is 0.150 e. The van der Waals surface area contributed by atoms with E-state index in [0.717, 1.165) is 0 Å². The summed E-state index contributed by atoms with van der Waals surface area (Å²) < 4.78 is 0. The Morgan fingerprint density at radius 1 is 1.60 bits per heavy atom. The Labute approximate surface area is 38.9 Å². The van der Waals surface area contributed by atoms with E-state index >= 15 is 0 Å². The van der Waals surface area contributed by atoms with Crippen LogP contribution in [0.25, 0.3) is 0 Å². The molecule has 0 saturated carbocycles. The summed E-state index contributed by atoms with van der Waals surface area (Å²) in [5, 5.41) is 0. The molecule has 0 aliphatic carbocycles. The van der Waals surface area contributed by atoms with Crippen molar-refractivity contribution < 1.29 is 0 Å². The molecule has 5 heavy (non-hydrogen) atoms. The van der Waals surface area contributed by atoms with Gasteiger partial charge in [0.2, 0.25) is 0 Å². The fraction of sp³-hybridized carbons (Fsp3) is 0.667. The summed E-state index contributed by atoms with van der Waals surface area (Å²) in [5.41, 5.74) is 0. The van der Waals surface area contributed by atoms with Crippen molar-refractivity contribution in [1.29, 1.82) is 0 Å². The molecule has 0 heterocycles. The van der Waals surface area contributed by atoms with Gasteiger partial charge in [-0.15, -0.1) is 0 Å². The third-order valence-electron chi connectivity index (χ3n) is 0. The van der Waals surface area contributed by atoms with Crippen molar-refractivity contribution in [2.75, 3.05) is 0 Å². The van der Waals surface area contributed by atoms with Gasteiger partial charge < -0.3 is 0 Å². The molecule has 2 heteroatoms. The first-order valence-electron chi connectivity index (χ1n) is 1.54. The molecule has 0 bridgehead atoms. The highest BCUT2D eigenvalue weighted by Gasteiger charge is 2.04. The molecule has 0 unspecified atom stereocenters. The van der Waals surface area contributed by atoms with Gasteiger partial charge >= 0.3 is 0 Å². The van der Waals surface area contributed by atoms with E-state index in [1.54, 1.807) is 0 Å². The highest BCUT2D eigenvalue weighted by atomic mass is 35.6. The molecular weight excluding hydrogens is 99.6 g/mol. The Hall–Kier alpha value is 0.507. The highest BCUT2D eigenvalue weighted by molar-refractivity contribution is 7.20. The Kier molecular flexibility index (Phi) is 1.44. The molecule has 0 N–H and O–H groups in total. The molecule has 0 aromatic heterocycles. The molecule has 0 atom stereocenters. The third-order valence-corrected chi connectivity index (χ3v) is 0. The topological polar surface area (TPSA) is 0 Å². The number of rotatable bonds is 0. The van der Waals surface area contributed by atoms with Crippen LogP contribution in [0.3, 0.4) is 0 Å². The summed E-state index contributed by atoms with van der Waals surface area (Å²) in [4.78, 5) is 0. The van der Waals surface area contributed by atoms with Crippen molar-refractivity contribution in [3.8, 4) is 0 Å². The SMILES string of the molecule is [CH2][Si](C)(C)Cl. The van der Waals surface area contributed by atoms with Gasteiger partial charge in [-0.05, 0) is 6.55 Å². The fourth-order valence-electron chi connectivity index (χ4n) is 0. The maximum Gasteiger partial charge on any atom is 0.150 e. The number of hydrogen-bond acceptors (Lipinski definition) is 0. The molecule has 0 rings (SSSR count). The van der Waals surface area contributed by atoms with E-state index in [2.05, 4.69) is 6.55 Å². The molecular formula is C3H8ClSi. The Morgan fingerprint density at radius 3 is 1.60 bits per heavy atom. The van der Waals surface area contributed by atoms with Crippen LogP contribution in [-0.2, 0) is 0 Å². The average Bonchev–Trinajstić information content (AvgIpc) is 0.722. The van der Waals surface area contributed by atoms with Gasteiger partial charge in [-0.2, -0.15) is 11.1 Å². The summed E-state index contributed by atoms with van der Waals surface area (Å²) >= 11 is 5.56. The normalized spacial score (nSPS) is 12.0. The van der Waals surface area contributed by atoms with Crippen molar-refractivity contribution in [2.45, 2.75) is 13.1 Å². The summed E-state index contributed by atoms with van der Waals surface area (Å²) in [5.74, 6) is 0. The van der Waals surface area contributed by atoms with Crippen LogP contribution in [0.5, 0.6) is 0 Å². The van der Waals surface area contributed by atoms with E-state index in [-0.39, 0.29) is 0 Å². The van der Waals surface area contributed by atoms with E-state index in [0.29, 0.717) is 0 Å². The van der Waals surface area contributed by atoms with E-state index in [4.69, 9.17) is 11.1 Å². The van der Waals surface area contributed by atoms with Gasteiger partial charge in [-0.1, -0.05) is 13.1 Å². The molecule has 0 saturated heterocycles. The number of hydrogen-bond donors (Lipinski definition) is 0. The molecule has 0 nitrogen and oxygen atoms in total. The molecule has 0 amide bonds. The predicted molar refractivity (Wildman–Crippen MR) is 28.7 cm³/mol. The van der Waals surface area contributed by atoms with Gasteiger partial charge in [-0.3, -0.25) is 0 Å². The second kappa shape index (κ2) is 1.31. The molecule has 0 spiro atoms. The Morgan fingerprint density at radius 2 is 1.60 bits per heavy atom. The minimum atomic E-state index is -1.39. The quantitative estimate of drug-likeness (QED) is 0.327. The van der Waals surface area contributed by atoms with Crippen molar-refractivity contribution in [1.82, 2.24) is 0 Å². The summed E-state index contributed by atoms with van der Waals surface area (Å²) in [6, 6.07) is 0. The van der Waals surface area contributed by atoms with Crippen LogP contribution >= 0.6 is 11.1 Å². The summed E-state index contributed by atoms with van der Waals surface area (Å²) in [6.07, 6.45) is 0. The zero-order valence-corrected chi connectivity index (χ0v) is 5.34. The Bertz CT molecular complexity index is 22.4. The van der Waals surface area contributed by atoms with E-state index in [9.17, 15) is 0 Å². The largest absolute Gasteiger partial charge is 0.168 e. The van der Waals surface area contributed by atoms with Crippen molar-refractivity contribution in [3.63, 3.8) is 0 Å². The summed E-state index contributed by atoms with van der Waals surface area (Å²) in [6.45, 7) is 7.64. The molecule has 0 aliphatic rings. The van der Waals surface area contributed by atoms with Crippen LogP contribution in [0, 0.1) is 6.55 Å². The van der Waals surface area contributed by atoms with E-state index in [1.165, 1.54) is 0 Å². The molecule has 0 aromatic rings. The Balaban J connectivity index is 3.02. The van der Waals surface area contributed by atoms with Crippen LogP contribution < -0.4 is 0 Å². The first kappa shape index (κ1) is 5.51. The minimum Gasteiger partial charge on any atom is -0.168 e. The molecule has 0 aromatic carbocycles. The summed E-state index contributed by atoms with van der Waals surface area (Å²) in [7, 11) is -1.39. The number of halogens is 1. The minimum absolute atomic E-state index is 1.39. The zero-order valence-electron chi connectivity index (χ0n) is 3.59. The van der Waals surface area contributed by atoms with Gasteiger partial charge in [0.05, 0.1) is 0 Å². The second-order valence-corrected chi connectivity index (χ2v) is 8.23. The second-order valence-electron chi connectivity index (χ2n) is 1.72. The monoisotopic (exact) mass is 107 g/mol. The van der Waals surface area contributed by atoms with Crippen LogP contribution in [0.1, 0.15) is 0 Å². The fourth-order valence-corrected chi connectivity index (χ4v) is 0. The lowest BCUT2D eigenvalue weighted by Gasteiger charge is -1.97. The molecule has 0 aliphatic heterocycles. The lowest BCUT2D eigenvalue weighted by molar-refractivity contribution is 1.97. The zero-order chi connectivity index (χ0) is 4.50. The van der Waals surface area contributed by atoms with Crippen molar-refractivity contribution in [3.05, 3.63) is 6.55 Å².